The highest BCUT2D eigenvalue weighted by molar-refractivity contribution is 5.85. The molecule has 0 aliphatic rings. The van der Waals surface area contributed by atoms with Gasteiger partial charge in [0.15, 0.2) is 11.5 Å². The summed E-state index contributed by atoms with van der Waals surface area (Å²) in [6.45, 7) is 2.19. The van der Waals surface area contributed by atoms with Crippen LogP contribution in [0, 0.1) is 6.92 Å². The van der Waals surface area contributed by atoms with Crippen LogP contribution in [0.1, 0.15) is 21.9 Å². The molecular weight excluding hydrogens is 224 g/mol. The summed E-state index contributed by atoms with van der Waals surface area (Å²) in [5.74, 6) is -0.0966. The number of rotatable bonds is 4. The lowest BCUT2D eigenvalue weighted by atomic mass is 10.4. The van der Waals surface area contributed by atoms with Gasteiger partial charge in [0, 0.05) is 6.07 Å². The molecule has 0 aliphatic carbocycles. The zero-order chi connectivity index (χ0) is 12.3. The van der Waals surface area contributed by atoms with E-state index < -0.39 is 5.97 Å². The normalized spacial score (nSPS) is 10.2. The lowest BCUT2D eigenvalue weighted by Crippen LogP contribution is -2.06. The van der Waals surface area contributed by atoms with Gasteiger partial charge in [0.2, 0.25) is 0 Å². The highest BCUT2D eigenvalue weighted by Gasteiger charge is 2.06. The number of hydrogen-bond acceptors (Lipinski definition) is 6. The van der Waals surface area contributed by atoms with Crippen LogP contribution in [-0.2, 0) is 6.54 Å². The van der Waals surface area contributed by atoms with Gasteiger partial charge >= 0.3 is 5.97 Å². The number of aryl methyl sites for hydroxylation is 1. The van der Waals surface area contributed by atoms with E-state index in [9.17, 15) is 4.79 Å². The summed E-state index contributed by atoms with van der Waals surface area (Å²) in [6.07, 6.45) is 2.63. The van der Waals surface area contributed by atoms with E-state index in [1.54, 1.807) is 6.07 Å². The number of carboxylic acids is 1. The fraction of sp³-hybridized carbons (Fsp3) is 0.200. The second kappa shape index (κ2) is 4.60. The molecule has 0 unspecified atom stereocenters. The fourth-order valence-electron chi connectivity index (χ4n) is 1.23. The number of aromatic nitrogens is 3. The van der Waals surface area contributed by atoms with Gasteiger partial charge in [-0.15, -0.1) is 0 Å². The average Bonchev–Trinajstić information content (AvgIpc) is 2.73. The number of hydrogen-bond donors (Lipinski definition) is 2. The first-order valence-electron chi connectivity index (χ1n) is 4.86. The van der Waals surface area contributed by atoms with Crippen molar-refractivity contribution in [3.8, 4) is 0 Å². The molecule has 2 aromatic heterocycles. The number of nitrogens with one attached hydrogen (secondary N) is 1. The second-order valence-corrected chi connectivity index (χ2v) is 3.38. The van der Waals surface area contributed by atoms with Gasteiger partial charge in [-0.3, -0.25) is 4.98 Å². The van der Waals surface area contributed by atoms with Crippen molar-refractivity contribution in [3.63, 3.8) is 0 Å². The quantitative estimate of drug-likeness (QED) is 0.816. The molecule has 0 saturated heterocycles. The summed E-state index contributed by atoms with van der Waals surface area (Å²) in [7, 11) is 0. The Hall–Kier alpha value is -2.44. The minimum Gasteiger partial charge on any atom is -0.476 e. The van der Waals surface area contributed by atoms with Gasteiger partial charge < -0.3 is 14.9 Å². The maximum absolute atomic E-state index is 10.7. The molecule has 0 aliphatic heterocycles. The molecular formula is C10H10N4O3. The Kier molecular flexibility index (Phi) is 2.99. The van der Waals surface area contributed by atoms with Crippen molar-refractivity contribution in [2.24, 2.45) is 0 Å². The van der Waals surface area contributed by atoms with Gasteiger partial charge in [0.25, 0.3) is 0 Å². The number of carboxylic acid groups (broad SMARTS) is 1. The van der Waals surface area contributed by atoms with E-state index in [2.05, 4.69) is 20.4 Å². The van der Waals surface area contributed by atoms with Crippen LogP contribution in [0.3, 0.4) is 0 Å². The second-order valence-electron chi connectivity index (χ2n) is 3.38. The van der Waals surface area contributed by atoms with Crippen LogP contribution in [-0.4, -0.2) is 26.2 Å². The topological polar surface area (TPSA) is 101 Å². The third-order valence-corrected chi connectivity index (χ3v) is 1.97. The van der Waals surface area contributed by atoms with E-state index in [4.69, 9.17) is 9.63 Å². The molecule has 0 bridgehead atoms. The van der Waals surface area contributed by atoms with Gasteiger partial charge in [-0.1, -0.05) is 5.16 Å². The van der Waals surface area contributed by atoms with Crippen LogP contribution in [0.25, 0.3) is 0 Å². The highest BCUT2D eigenvalue weighted by Crippen LogP contribution is 2.07. The average molecular weight is 234 g/mol. The Morgan fingerprint density at radius 3 is 3.00 bits per heavy atom. The molecule has 0 saturated carbocycles. The number of anilines is 1. The smallest absolute Gasteiger partial charge is 0.356 e. The summed E-state index contributed by atoms with van der Waals surface area (Å²) in [5, 5.41) is 15.4. The third-order valence-electron chi connectivity index (χ3n) is 1.97. The molecule has 0 spiro atoms. The SMILES string of the molecule is Cc1cc(CNc2cncc(C(=O)O)n2)on1. The third kappa shape index (κ3) is 2.77. The molecule has 0 amide bonds. The summed E-state index contributed by atoms with van der Waals surface area (Å²) < 4.78 is 4.99. The lowest BCUT2D eigenvalue weighted by molar-refractivity contribution is 0.0690. The van der Waals surface area contributed by atoms with Crippen molar-refractivity contribution in [1.29, 1.82) is 0 Å². The number of nitrogens with zero attached hydrogens (tertiary/aromatic N) is 3. The Morgan fingerprint density at radius 2 is 2.35 bits per heavy atom. The first-order valence-corrected chi connectivity index (χ1v) is 4.86. The molecule has 2 rings (SSSR count). The maximum Gasteiger partial charge on any atom is 0.356 e. The van der Waals surface area contributed by atoms with Crippen molar-refractivity contribution >= 4 is 11.8 Å². The zero-order valence-electron chi connectivity index (χ0n) is 9.04. The molecule has 7 heteroatoms. The Labute approximate surface area is 96.5 Å². The van der Waals surface area contributed by atoms with E-state index in [1.807, 2.05) is 6.92 Å². The van der Waals surface area contributed by atoms with Crippen LogP contribution < -0.4 is 5.32 Å². The van der Waals surface area contributed by atoms with Crippen molar-refractivity contribution in [1.82, 2.24) is 15.1 Å². The predicted octanol–water partition coefficient (Wildman–Crippen LogP) is 1.08. The first-order chi connectivity index (χ1) is 8.15. The highest BCUT2D eigenvalue weighted by atomic mass is 16.5. The van der Waals surface area contributed by atoms with Gasteiger partial charge in [0.1, 0.15) is 5.82 Å². The molecule has 0 radical (unpaired) electrons. The largest absolute Gasteiger partial charge is 0.476 e. The monoisotopic (exact) mass is 234 g/mol. The van der Waals surface area contributed by atoms with Crippen molar-refractivity contribution < 1.29 is 14.4 Å². The fourth-order valence-corrected chi connectivity index (χ4v) is 1.23. The Bertz CT molecular complexity index is 538. The van der Waals surface area contributed by atoms with Gasteiger partial charge in [-0.25, -0.2) is 9.78 Å². The number of carbonyl (C=O) groups is 1. The lowest BCUT2D eigenvalue weighted by Gasteiger charge is -2.02. The molecule has 7 nitrogen and oxygen atoms in total. The number of aromatic carboxylic acids is 1. The van der Waals surface area contributed by atoms with Crippen molar-refractivity contribution in [2.45, 2.75) is 13.5 Å². The van der Waals surface area contributed by atoms with Gasteiger partial charge in [-0.05, 0) is 6.92 Å². The summed E-state index contributed by atoms with van der Waals surface area (Å²) in [4.78, 5) is 18.3. The van der Waals surface area contributed by atoms with Gasteiger partial charge in [-0.2, -0.15) is 0 Å². The molecule has 0 aromatic carbocycles. The standard InChI is InChI=1S/C10H10N4O3/c1-6-2-7(17-14-6)3-12-9-5-11-4-8(13-9)10(15)16/h2,4-5H,3H2,1H3,(H,12,13)(H,15,16). The van der Waals surface area contributed by atoms with Crippen molar-refractivity contribution in [3.05, 3.63) is 35.6 Å². The zero-order valence-corrected chi connectivity index (χ0v) is 9.04. The van der Waals surface area contributed by atoms with Crippen LogP contribution >= 0.6 is 0 Å². The molecule has 0 fully saturated rings. The van der Waals surface area contributed by atoms with Gasteiger partial charge in [0.05, 0.1) is 24.6 Å². The minimum absolute atomic E-state index is 0.108. The van der Waals surface area contributed by atoms with Crippen LogP contribution in [0.2, 0.25) is 0 Å². The van der Waals surface area contributed by atoms with Crippen LogP contribution in [0.5, 0.6) is 0 Å². The molecule has 88 valence electrons. The first kappa shape index (κ1) is 11.1. The molecule has 2 aromatic rings. The molecule has 2 heterocycles. The Morgan fingerprint density at radius 1 is 1.53 bits per heavy atom. The summed E-state index contributed by atoms with van der Waals surface area (Å²) >= 11 is 0. The summed E-state index contributed by atoms with van der Waals surface area (Å²) in [5.41, 5.74) is 0.677. The van der Waals surface area contributed by atoms with Crippen molar-refractivity contribution in [2.75, 3.05) is 5.32 Å². The minimum atomic E-state index is -1.11. The van der Waals surface area contributed by atoms with E-state index in [-0.39, 0.29) is 5.69 Å². The molecule has 0 atom stereocenters. The van der Waals surface area contributed by atoms with E-state index in [0.717, 1.165) is 5.69 Å². The van der Waals surface area contributed by atoms with E-state index in [1.165, 1.54) is 12.4 Å². The summed E-state index contributed by atoms with van der Waals surface area (Å²) in [6, 6.07) is 1.78. The predicted molar refractivity (Wildman–Crippen MR) is 57.6 cm³/mol. The van der Waals surface area contributed by atoms with Crippen LogP contribution in [0.15, 0.2) is 23.0 Å². The van der Waals surface area contributed by atoms with E-state index in [0.29, 0.717) is 18.1 Å². The maximum atomic E-state index is 10.7. The van der Waals surface area contributed by atoms with E-state index >= 15 is 0 Å². The van der Waals surface area contributed by atoms with Crippen LogP contribution in [0.4, 0.5) is 5.82 Å². The Balaban J connectivity index is 2.04. The molecule has 2 N–H and O–H groups in total. The molecule has 17 heavy (non-hydrogen) atoms.